The van der Waals surface area contributed by atoms with Crippen LogP contribution in [-0.4, -0.2) is 42.9 Å². The average Bonchev–Trinajstić information content (AvgIpc) is 2.86. The van der Waals surface area contributed by atoms with Crippen molar-refractivity contribution in [1.29, 1.82) is 5.26 Å². The third kappa shape index (κ3) is 4.65. The number of hydrogen-bond donors (Lipinski definition) is 1. The summed E-state index contributed by atoms with van der Waals surface area (Å²) in [5.74, 6) is 0.931. The summed E-state index contributed by atoms with van der Waals surface area (Å²) in [6.07, 6.45) is -0.508. The number of nitrogens with zero attached hydrogens (tertiary/aromatic N) is 2. The van der Waals surface area contributed by atoms with Crippen LogP contribution in [0, 0.1) is 23.1 Å². The van der Waals surface area contributed by atoms with Crippen molar-refractivity contribution in [3.63, 3.8) is 0 Å². The Morgan fingerprint density at radius 3 is 2.50 bits per heavy atom. The first kappa shape index (κ1) is 23.8. The van der Waals surface area contributed by atoms with E-state index < -0.39 is 6.10 Å². The molecule has 0 saturated carbocycles. The lowest BCUT2D eigenvalue weighted by Gasteiger charge is -2.37. The van der Waals surface area contributed by atoms with Crippen molar-refractivity contribution in [2.75, 3.05) is 32.9 Å². The van der Waals surface area contributed by atoms with E-state index in [0.717, 1.165) is 47.7 Å². The molecule has 1 N–H and O–H groups in total. The minimum Gasteiger partial charge on any atom is -0.507 e. The highest BCUT2D eigenvalue weighted by Gasteiger charge is 2.30. The molecule has 0 aliphatic carbocycles. The van der Waals surface area contributed by atoms with Crippen LogP contribution >= 0.6 is 0 Å². The van der Waals surface area contributed by atoms with Crippen LogP contribution in [0.2, 0.25) is 0 Å². The number of aromatic hydroxyl groups is 1. The fourth-order valence-corrected chi connectivity index (χ4v) is 4.80. The molecule has 3 aromatic carbocycles. The SMILES string of the molecule is CC1=C(c2ccc(F)cc2)C(c2ccc(OCCN3CC(CF)C3)cc2)Oc2cc(C#N)c(O)cc21. The molecule has 7 heteroatoms. The van der Waals surface area contributed by atoms with Crippen LogP contribution in [0.15, 0.2) is 60.7 Å². The second kappa shape index (κ2) is 10.00. The van der Waals surface area contributed by atoms with Crippen LogP contribution in [0.25, 0.3) is 11.1 Å². The Kier molecular flexibility index (Phi) is 6.62. The molecule has 0 spiro atoms. The number of hydrogen-bond acceptors (Lipinski definition) is 5. The molecule has 184 valence electrons. The van der Waals surface area contributed by atoms with Gasteiger partial charge in [0.2, 0.25) is 0 Å². The molecule has 1 unspecified atom stereocenters. The normalized spacial score (nSPS) is 17.7. The van der Waals surface area contributed by atoms with E-state index in [-0.39, 0.29) is 29.7 Å². The second-order valence-corrected chi connectivity index (χ2v) is 9.22. The number of allylic oxidation sites excluding steroid dienone is 1. The van der Waals surface area contributed by atoms with Gasteiger partial charge in [0, 0.05) is 42.8 Å². The molecule has 2 aliphatic heterocycles. The van der Waals surface area contributed by atoms with Gasteiger partial charge in [-0.3, -0.25) is 9.29 Å². The summed E-state index contributed by atoms with van der Waals surface area (Å²) in [5.41, 5.74) is 4.20. The number of nitriles is 1. The van der Waals surface area contributed by atoms with Gasteiger partial charge in [-0.25, -0.2) is 4.39 Å². The van der Waals surface area contributed by atoms with Crippen LogP contribution in [-0.2, 0) is 0 Å². The van der Waals surface area contributed by atoms with Crippen molar-refractivity contribution in [2.24, 2.45) is 5.92 Å². The van der Waals surface area contributed by atoms with E-state index in [1.807, 2.05) is 37.3 Å². The van der Waals surface area contributed by atoms with Crippen LogP contribution < -0.4 is 9.47 Å². The zero-order valence-electron chi connectivity index (χ0n) is 19.9. The smallest absolute Gasteiger partial charge is 0.150 e. The molecule has 3 aromatic rings. The van der Waals surface area contributed by atoms with Crippen molar-refractivity contribution in [2.45, 2.75) is 13.0 Å². The monoisotopic (exact) mass is 488 g/mol. The Hall–Kier alpha value is -3.89. The quantitative estimate of drug-likeness (QED) is 0.459. The predicted octanol–water partition coefficient (Wildman–Crippen LogP) is 5.75. The van der Waals surface area contributed by atoms with E-state index in [0.29, 0.717) is 17.9 Å². The van der Waals surface area contributed by atoms with Crippen molar-refractivity contribution in [3.05, 3.63) is 88.7 Å². The standard InChI is InChI=1S/C29H26F2N2O3/c1-18-25-13-26(34)22(15-32)12-27(25)36-29(28(18)20-2-6-23(31)7-3-20)21-4-8-24(9-5-21)35-11-10-33-16-19(14-30)17-33/h2-9,12-13,19,29,34H,10-11,14,16-17H2,1H3. The van der Waals surface area contributed by atoms with Crippen LogP contribution in [0.4, 0.5) is 8.78 Å². The molecule has 2 heterocycles. The first-order chi connectivity index (χ1) is 17.5. The molecule has 1 atom stereocenters. The maximum absolute atomic E-state index is 13.7. The van der Waals surface area contributed by atoms with Crippen LogP contribution in [0.5, 0.6) is 17.2 Å². The lowest BCUT2D eigenvalue weighted by Crippen LogP contribution is -2.49. The van der Waals surface area contributed by atoms with Gasteiger partial charge in [0.05, 0.1) is 12.2 Å². The third-order valence-electron chi connectivity index (χ3n) is 6.80. The first-order valence-electron chi connectivity index (χ1n) is 11.9. The summed E-state index contributed by atoms with van der Waals surface area (Å²) < 4.78 is 38.5. The molecular weight excluding hydrogens is 462 g/mol. The number of phenols is 1. The highest BCUT2D eigenvalue weighted by Crippen LogP contribution is 2.48. The Morgan fingerprint density at radius 1 is 1.11 bits per heavy atom. The molecule has 1 saturated heterocycles. The van der Waals surface area contributed by atoms with E-state index in [4.69, 9.17) is 9.47 Å². The highest BCUT2D eigenvalue weighted by atomic mass is 19.1. The summed E-state index contributed by atoms with van der Waals surface area (Å²) >= 11 is 0. The number of rotatable bonds is 7. The van der Waals surface area contributed by atoms with E-state index in [2.05, 4.69) is 4.90 Å². The van der Waals surface area contributed by atoms with Crippen molar-refractivity contribution >= 4 is 11.1 Å². The van der Waals surface area contributed by atoms with Gasteiger partial charge in [0.25, 0.3) is 0 Å². The van der Waals surface area contributed by atoms with Gasteiger partial charge in [-0.1, -0.05) is 24.3 Å². The zero-order valence-corrected chi connectivity index (χ0v) is 19.9. The molecule has 5 nitrogen and oxygen atoms in total. The third-order valence-corrected chi connectivity index (χ3v) is 6.80. The lowest BCUT2D eigenvalue weighted by molar-refractivity contribution is 0.0668. The number of phenolic OH excluding ortho intramolecular Hbond substituents is 1. The first-order valence-corrected chi connectivity index (χ1v) is 11.9. The average molecular weight is 489 g/mol. The molecule has 2 aliphatic rings. The summed E-state index contributed by atoms with van der Waals surface area (Å²) in [4.78, 5) is 2.17. The van der Waals surface area contributed by atoms with Gasteiger partial charge in [0.15, 0.2) is 0 Å². The van der Waals surface area contributed by atoms with Crippen LogP contribution in [0.1, 0.15) is 35.3 Å². The number of benzene rings is 3. The Balaban J connectivity index is 1.41. The van der Waals surface area contributed by atoms with Gasteiger partial charge < -0.3 is 14.6 Å². The van der Waals surface area contributed by atoms with Crippen molar-refractivity contribution in [3.8, 4) is 23.3 Å². The Morgan fingerprint density at radius 2 is 1.83 bits per heavy atom. The largest absolute Gasteiger partial charge is 0.507 e. The van der Waals surface area contributed by atoms with Crippen molar-refractivity contribution in [1.82, 2.24) is 4.90 Å². The van der Waals surface area contributed by atoms with E-state index in [1.54, 1.807) is 18.2 Å². The number of fused-ring (bicyclic) bond motifs is 1. The molecule has 36 heavy (non-hydrogen) atoms. The summed E-state index contributed by atoms with van der Waals surface area (Å²) in [5, 5.41) is 19.6. The van der Waals surface area contributed by atoms with Gasteiger partial charge in [-0.2, -0.15) is 5.26 Å². The molecule has 5 rings (SSSR count). The van der Waals surface area contributed by atoms with E-state index in [9.17, 15) is 19.1 Å². The van der Waals surface area contributed by atoms with E-state index >= 15 is 0 Å². The molecule has 0 radical (unpaired) electrons. The minimum absolute atomic E-state index is 0.115. The summed E-state index contributed by atoms with van der Waals surface area (Å²) in [6.45, 7) is 4.50. The maximum atomic E-state index is 13.7. The summed E-state index contributed by atoms with van der Waals surface area (Å²) in [7, 11) is 0. The zero-order chi connectivity index (χ0) is 25.2. The summed E-state index contributed by atoms with van der Waals surface area (Å²) in [6, 6.07) is 18.9. The fourth-order valence-electron chi connectivity index (χ4n) is 4.80. The molecule has 0 aromatic heterocycles. The maximum Gasteiger partial charge on any atom is 0.150 e. The van der Waals surface area contributed by atoms with Gasteiger partial charge in [-0.05, 0) is 54.0 Å². The Labute approximate surface area is 208 Å². The second-order valence-electron chi connectivity index (χ2n) is 9.22. The highest BCUT2D eigenvalue weighted by molar-refractivity contribution is 5.96. The van der Waals surface area contributed by atoms with Gasteiger partial charge in [0.1, 0.15) is 41.8 Å². The number of alkyl halides is 1. The predicted molar refractivity (Wildman–Crippen MR) is 133 cm³/mol. The number of likely N-dealkylation sites (tertiary alicyclic amines) is 1. The fraction of sp³-hybridized carbons (Fsp3) is 0.276. The molecule has 1 fully saturated rings. The van der Waals surface area contributed by atoms with Crippen molar-refractivity contribution < 1.29 is 23.4 Å². The Bertz CT molecular complexity index is 1320. The molecular formula is C29H26F2N2O3. The molecule has 0 bridgehead atoms. The number of halogens is 2. The lowest BCUT2D eigenvalue weighted by atomic mass is 9.85. The number of ether oxygens (including phenoxy) is 2. The molecule has 0 amide bonds. The van der Waals surface area contributed by atoms with Crippen LogP contribution in [0.3, 0.4) is 0 Å². The van der Waals surface area contributed by atoms with Gasteiger partial charge in [-0.15, -0.1) is 0 Å². The topological polar surface area (TPSA) is 65.7 Å². The minimum atomic E-state index is -0.508. The van der Waals surface area contributed by atoms with Gasteiger partial charge >= 0.3 is 0 Å². The van der Waals surface area contributed by atoms with E-state index in [1.165, 1.54) is 18.2 Å².